The number of likely N-dealkylation sites (tertiary alicyclic amines) is 1. The Morgan fingerprint density at radius 3 is 2.73 bits per heavy atom. The van der Waals surface area contributed by atoms with Gasteiger partial charge < -0.3 is 14.7 Å². The topological polar surface area (TPSA) is 53.0 Å². The van der Waals surface area contributed by atoms with Crippen molar-refractivity contribution in [1.82, 2.24) is 9.80 Å². The number of ether oxygens (including phenoxy) is 1. The maximum absolute atomic E-state index is 11.1. The number of rotatable bonds is 7. The van der Waals surface area contributed by atoms with E-state index in [-0.39, 0.29) is 5.92 Å². The lowest BCUT2D eigenvalue weighted by Gasteiger charge is -2.30. The second kappa shape index (κ2) is 8.15. The normalized spacial score (nSPS) is 19.3. The molecule has 1 heterocycles. The predicted octanol–water partition coefficient (Wildman–Crippen LogP) is 1.92. The van der Waals surface area contributed by atoms with Crippen LogP contribution in [-0.4, -0.2) is 61.2 Å². The average Bonchev–Trinajstić information content (AvgIpc) is 2.49. The monoisotopic (exact) mass is 306 g/mol. The summed E-state index contributed by atoms with van der Waals surface area (Å²) in [5.41, 5.74) is 1.20. The number of hydrogen-bond acceptors (Lipinski definition) is 4. The molecule has 1 unspecified atom stereocenters. The van der Waals surface area contributed by atoms with Crippen LogP contribution in [0, 0.1) is 5.92 Å². The number of likely N-dealkylation sites (N-methyl/N-ethyl adjacent to an activating group) is 1. The number of carboxylic acid groups (broad SMARTS) is 1. The lowest BCUT2D eigenvalue weighted by atomic mass is 9.98. The third kappa shape index (κ3) is 5.31. The first-order valence-electron chi connectivity index (χ1n) is 7.86. The summed E-state index contributed by atoms with van der Waals surface area (Å²) in [7, 11) is 4.05. The molecule has 22 heavy (non-hydrogen) atoms. The molecule has 0 bridgehead atoms. The quantitative estimate of drug-likeness (QED) is 0.834. The average molecular weight is 306 g/mol. The van der Waals surface area contributed by atoms with Gasteiger partial charge in [-0.25, -0.2) is 0 Å². The van der Waals surface area contributed by atoms with Gasteiger partial charge in [-0.1, -0.05) is 12.1 Å². The molecule has 122 valence electrons. The SMILES string of the molecule is CN(C)CCOc1ccc(CN2CCCC(C(=O)O)C2)cc1. The van der Waals surface area contributed by atoms with Gasteiger partial charge in [0.05, 0.1) is 5.92 Å². The van der Waals surface area contributed by atoms with Crippen LogP contribution in [0.5, 0.6) is 5.75 Å². The summed E-state index contributed by atoms with van der Waals surface area (Å²) in [6, 6.07) is 8.11. The Morgan fingerprint density at radius 1 is 1.36 bits per heavy atom. The van der Waals surface area contributed by atoms with Gasteiger partial charge in [0.25, 0.3) is 0 Å². The van der Waals surface area contributed by atoms with Crippen molar-refractivity contribution in [2.45, 2.75) is 19.4 Å². The van der Waals surface area contributed by atoms with E-state index in [1.54, 1.807) is 0 Å². The van der Waals surface area contributed by atoms with Crippen LogP contribution < -0.4 is 4.74 Å². The molecular formula is C17H26N2O3. The van der Waals surface area contributed by atoms with Gasteiger partial charge in [-0.15, -0.1) is 0 Å². The number of aliphatic carboxylic acids is 1. The van der Waals surface area contributed by atoms with Crippen molar-refractivity contribution >= 4 is 5.97 Å². The molecule has 1 atom stereocenters. The van der Waals surface area contributed by atoms with Gasteiger partial charge in [0.1, 0.15) is 12.4 Å². The zero-order valence-electron chi connectivity index (χ0n) is 13.5. The summed E-state index contributed by atoms with van der Waals surface area (Å²) < 4.78 is 5.68. The molecule has 0 spiro atoms. The van der Waals surface area contributed by atoms with Crippen molar-refractivity contribution in [3.8, 4) is 5.75 Å². The highest BCUT2D eigenvalue weighted by Crippen LogP contribution is 2.20. The molecule has 0 saturated carbocycles. The fourth-order valence-electron chi connectivity index (χ4n) is 2.70. The second-order valence-electron chi connectivity index (χ2n) is 6.21. The number of benzene rings is 1. The zero-order valence-corrected chi connectivity index (χ0v) is 13.5. The molecule has 0 radical (unpaired) electrons. The molecule has 5 nitrogen and oxygen atoms in total. The Kier molecular flexibility index (Phi) is 6.21. The number of piperidine rings is 1. The first-order chi connectivity index (χ1) is 10.5. The maximum Gasteiger partial charge on any atom is 0.307 e. The molecule has 1 aromatic carbocycles. The molecule has 1 N–H and O–H groups in total. The van der Waals surface area contributed by atoms with Crippen LogP contribution in [0.3, 0.4) is 0 Å². The number of carbonyl (C=O) groups is 1. The largest absolute Gasteiger partial charge is 0.492 e. The second-order valence-corrected chi connectivity index (χ2v) is 6.21. The molecule has 1 fully saturated rings. The van der Waals surface area contributed by atoms with Crippen LogP contribution in [-0.2, 0) is 11.3 Å². The van der Waals surface area contributed by atoms with Gasteiger partial charge in [-0.05, 0) is 51.2 Å². The van der Waals surface area contributed by atoms with Crippen LogP contribution >= 0.6 is 0 Å². The summed E-state index contributed by atoms with van der Waals surface area (Å²) in [5.74, 6) is -0.00983. The Hall–Kier alpha value is -1.59. The van der Waals surface area contributed by atoms with Gasteiger partial charge in [-0.2, -0.15) is 0 Å². The fraction of sp³-hybridized carbons (Fsp3) is 0.588. The highest BCUT2D eigenvalue weighted by atomic mass is 16.5. The van der Waals surface area contributed by atoms with Crippen molar-refractivity contribution in [2.75, 3.05) is 40.3 Å². The Bertz CT molecular complexity index is 473. The van der Waals surface area contributed by atoms with Gasteiger partial charge in [-0.3, -0.25) is 9.69 Å². The third-order valence-electron chi connectivity index (χ3n) is 3.99. The molecule has 1 aliphatic heterocycles. The van der Waals surface area contributed by atoms with E-state index in [1.165, 1.54) is 5.56 Å². The van der Waals surface area contributed by atoms with Crippen molar-refractivity contribution in [3.63, 3.8) is 0 Å². The molecule has 1 aromatic rings. The van der Waals surface area contributed by atoms with Crippen molar-refractivity contribution in [2.24, 2.45) is 5.92 Å². The van der Waals surface area contributed by atoms with E-state index in [1.807, 2.05) is 26.2 Å². The molecule has 0 aromatic heterocycles. The van der Waals surface area contributed by atoms with Gasteiger partial charge in [0, 0.05) is 19.6 Å². The Balaban J connectivity index is 1.82. The Labute approximate surface area is 132 Å². The molecule has 0 amide bonds. The van der Waals surface area contributed by atoms with Crippen molar-refractivity contribution < 1.29 is 14.6 Å². The zero-order chi connectivity index (χ0) is 15.9. The summed E-state index contributed by atoms with van der Waals surface area (Å²) in [4.78, 5) is 15.4. The van der Waals surface area contributed by atoms with Gasteiger partial charge >= 0.3 is 5.97 Å². The van der Waals surface area contributed by atoms with E-state index in [2.05, 4.69) is 21.9 Å². The third-order valence-corrected chi connectivity index (χ3v) is 3.99. The number of hydrogen-bond donors (Lipinski definition) is 1. The maximum atomic E-state index is 11.1. The van der Waals surface area contributed by atoms with Crippen LogP contribution in [0.25, 0.3) is 0 Å². The lowest BCUT2D eigenvalue weighted by molar-refractivity contribution is -0.143. The van der Waals surface area contributed by atoms with E-state index < -0.39 is 5.97 Å². The van der Waals surface area contributed by atoms with Crippen LogP contribution in [0.1, 0.15) is 18.4 Å². The van der Waals surface area contributed by atoms with E-state index in [0.717, 1.165) is 38.2 Å². The highest BCUT2D eigenvalue weighted by Gasteiger charge is 2.25. The van der Waals surface area contributed by atoms with Crippen LogP contribution in [0.2, 0.25) is 0 Å². The molecule has 5 heteroatoms. The van der Waals surface area contributed by atoms with Crippen LogP contribution in [0.4, 0.5) is 0 Å². The summed E-state index contributed by atoms with van der Waals surface area (Å²) >= 11 is 0. The van der Waals surface area contributed by atoms with E-state index >= 15 is 0 Å². The number of carboxylic acids is 1. The first-order valence-corrected chi connectivity index (χ1v) is 7.86. The molecular weight excluding hydrogens is 280 g/mol. The van der Waals surface area contributed by atoms with Crippen molar-refractivity contribution in [3.05, 3.63) is 29.8 Å². The number of nitrogens with zero attached hydrogens (tertiary/aromatic N) is 2. The van der Waals surface area contributed by atoms with Crippen molar-refractivity contribution in [1.29, 1.82) is 0 Å². The minimum atomic E-state index is -0.672. The van der Waals surface area contributed by atoms with Crippen LogP contribution in [0.15, 0.2) is 24.3 Å². The molecule has 2 rings (SSSR count). The lowest BCUT2D eigenvalue weighted by Crippen LogP contribution is -2.38. The fourth-order valence-corrected chi connectivity index (χ4v) is 2.70. The minimum absolute atomic E-state index is 0.220. The Morgan fingerprint density at radius 2 is 2.09 bits per heavy atom. The molecule has 1 saturated heterocycles. The van der Waals surface area contributed by atoms with E-state index in [4.69, 9.17) is 9.84 Å². The summed E-state index contributed by atoms with van der Waals surface area (Å²) in [6.07, 6.45) is 1.76. The standard InChI is InChI=1S/C17H26N2O3/c1-18(2)10-11-22-16-7-5-14(6-8-16)12-19-9-3-4-15(13-19)17(20)21/h5-8,15H,3-4,9-13H2,1-2H3,(H,20,21). The first kappa shape index (κ1) is 16.8. The molecule has 0 aliphatic carbocycles. The predicted molar refractivity (Wildman–Crippen MR) is 86.1 cm³/mol. The summed E-state index contributed by atoms with van der Waals surface area (Å²) in [6.45, 7) is 4.01. The van der Waals surface area contributed by atoms with Gasteiger partial charge in [0.2, 0.25) is 0 Å². The molecule has 1 aliphatic rings. The van der Waals surface area contributed by atoms with Gasteiger partial charge in [0.15, 0.2) is 0 Å². The summed E-state index contributed by atoms with van der Waals surface area (Å²) in [5, 5.41) is 9.13. The highest BCUT2D eigenvalue weighted by molar-refractivity contribution is 5.70. The van der Waals surface area contributed by atoms with E-state index in [0.29, 0.717) is 13.2 Å². The smallest absolute Gasteiger partial charge is 0.307 e. The minimum Gasteiger partial charge on any atom is -0.492 e. The van der Waals surface area contributed by atoms with E-state index in [9.17, 15) is 4.79 Å².